The summed E-state index contributed by atoms with van der Waals surface area (Å²) < 4.78 is 0. The molecule has 1 amide bonds. The Morgan fingerprint density at radius 3 is 2.26 bits per heavy atom. The molecular weight excluding hydrogens is 334 g/mol. The predicted octanol–water partition coefficient (Wildman–Crippen LogP) is 4.87. The summed E-state index contributed by atoms with van der Waals surface area (Å²) in [5, 5.41) is 15.4. The van der Waals surface area contributed by atoms with Crippen LogP contribution in [-0.2, 0) is 11.2 Å². The maximum absolute atomic E-state index is 12.5. The van der Waals surface area contributed by atoms with Gasteiger partial charge >= 0.3 is 0 Å². The average Bonchev–Trinajstić information content (AvgIpc) is 2.63. The van der Waals surface area contributed by atoms with Gasteiger partial charge in [0.2, 0.25) is 0 Å². The highest BCUT2D eigenvalue weighted by atomic mass is 16.1. The van der Waals surface area contributed by atoms with Crippen LogP contribution in [0.3, 0.4) is 0 Å². The summed E-state index contributed by atoms with van der Waals surface area (Å²) >= 11 is 0. The third kappa shape index (κ3) is 5.21. The number of hydrogen-bond acceptors (Lipinski definition) is 3. The summed E-state index contributed by atoms with van der Waals surface area (Å²) in [4.78, 5) is 12.5. The van der Waals surface area contributed by atoms with Crippen LogP contribution in [0.2, 0.25) is 0 Å². The Labute approximate surface area is 161 Å². The Kier molecular flexibility index (Phi) is 6.79. The van der Waals surface area contributed by atoms with Gasteiger partial charge in [0, 0.05) is 11.9 Å². The summed E-state index contributed by atoms with van der Waals surface area (Å²) in [7, 11) is 0. The van der Waals surface area contributed by atoms with Crippen LogP contribution >= 0.6 is 0 Å². The lowest BCUT2D eigenvalue weighted by atomic mass is 10.0. The van der Waals surface area contributed by atoms with E-state index in [1.165, 1.54) is 17.3 Å². The first-order valence-corrected chi connectivity index (χ1v) is 9.20. The molecule has 1 unspecified atom stereocenters. The number of carbonyl (C=O) groups excluding carboxylic acids is 1. The molecular formula is C23H27N3O. The predicted molar refractivity (Wildman–Crippen MR) is 110 cm³/mol. The monoisotopic (exact) mass is 361 g/mol. The third-order valence-corrected chi connectivity index (χ3v) is 4.64. The van der Waals surface area contributed by atoms with Crippen molar-refractivity contribution in [2.75, 3.05) is 5.32 Å². The number of nitriles is 1. The van der Waals surface area contributed by atoms with Crippen molar-refractivity contribution in [2.45, 2.75) is 47.1 Å². The highest BCUT2D eigenvalue weighted by Crippen LogP contribution is 2.22. The zero-order chi connectivity index (χ0) is 20.0. The van der Waals surface area contributed by atoms with Crippen molar-refractivity contribution in [3.8, 4) is 6.07 Å². The summed E-state index contributed by atoms with van der Waals surface area (Å²) in [5.41, 5.74) is 6.56. The standard InChI is InChI=1S/C23H27N3O/c1-6-19-7-9-20(10-8-19)18(5)26-23(27)21(13-24)14-25-22-16(3)11-15(2)12-17(22)4/h7-12,14,18,25H,6H2,1-5H3,(H,26,27)/b21-14-. The summed E-state index contributed by atoms with van der Waals surface area (Å²) in [6, 6.07) is 14.1. The molecule has 0 spiro atoms. The van der Waals surface area contributed by atoms with E-state index in [1.807, 2.05) is 45.9 Å². The number of benzene rings is 2. The molecule has 4 nitrogen and oxygen atoms in total. The molecule has 0 radical (unpaired) electrons. The van der Waals surface area contributed by atoms with E-state index < -0.39 is 0 Å². The lowest BCUT2D eigenvalue weighted by Gasteiger charge is -2.15. The molecule has 1 atom stereocenters. The zero-order valence-corrected chi connectivity index (χ0v) is 16.7. The van der Waals surface area contributed by atoms with E-state index in [-0.39, 0.29) is 17.5 Å². The van der Waals surface area contributed by atoms with Crippen molar-refractivity contribution in [2.24, 2.45) is 0 Å². The first-order chi connectivity index (χ1) is 12.8. The second-order valence-electron chi connectivity index (χ2n) is 6.88. The van der Waals surface area contributed by atoms with Crippen molar-refractivity contribution in [1.82, 2.24) is 5.32 Å². The van der Waals surface area contributed by atoms with Gasteiger partial charge in [-0.15, -0.1) is 0 Å². The molecule has 4 heteroatoms. The van der Waals surface area contributed by atoms with Crippen molar-refractivity contribution < 1.29 is 4.79 Å². The maximum Gasteiger partial charge on any atom is 0.263 e. The van der Waals surface area contributed by atoms with E-state index in [1.54, 1.807) is 0 Å². The van der Waals surface area contributed by atoms with Gasteiger partial charge in [0.1, 0.15) is 11.6 Å². The number of hydrogen-bond donors (Lipinski definition) is 2. The van der Waals surface area contributed by atoms with Gasteiger partial charge in [-0.25, -0.2) is 0 Å². The number of amides is 1. The summed E-state index contributed by atoms with van der Waals surface area (Å²) in [6.07, 6.45) is 2.46. The van der Waals surface area contributed by atoms with Crippen LogP contribution in [0.25, 0.3) is 0 Å². The molecule has 0 heterocycles. The molecule has 0 fully saturated rings. The molecule has 140 valence electrons. The number of aryl methyl sites for hydroxylation is 4. The number of anilines is 1. The molecule has 27 heavy (non-hydrogen) atoms. The van der Waals surface area contributed by atoms with Crippen LogP contribution < -0.4 is 10.6 Å². The Morgan fingerprint density at radius 1 is 1.15 bits per heavy atom. The highest BCUT2D eigenvalue weighted by Gasteiger charge is 2.14. The van der Waals surface area contributed by atoms with Crippen molar-refractivity contribution in [3.63, 3.8) is 0 Å². The fourth-order valence-electron chi connectivity index (χ4n) is 3.10. The number of rotatable bonds is 6. The SMILES string of the molecule is CCc1ccc(C(C)NC(=O)/C(C#N)=C\Nc2c(C)cc(C)cc2C)cc1. The molecule has 0 aliphatic heterocycles. The van der Waals surface area contributed by atoms with Gasteiger partial charge in [-0.05, 0) is 56.4 Å². The van der Waals surface area contributed by atoms with Gasteiger partial charge in [0.15, 0.2) is 0 Å². The topological polar surface area (TPSA) is 64.9 Å². The maximum atomic E-state index is 12.5. The van der Waals surface area contributed by atoms with Crippen LogP contribution in [0.4, 0.5) is 5.69 Å². The first kappa shape index (κ1) is 20.3. The second kappa shape index (κ2) is 9.05. The van der Waals surface area contributed by atoms with E-state index in [4.69, 9.17) is 0 Å². The van der Waals surface area contributed by atoms with E-state index in [0.29, 0.717) is 0 Å². The first-order valence-electron chi connectivity index (χ1n) is 9.20. The molecule has 0 aliphatic carbocycles. The third-order valence-electron chi connectivity index (χ3n) is 4.64. The molecule has 2 aromatic rings. The smallest absolute Gasteiger partial charge is 0.263 e. The van der Waals surface area contributed by atoms with Gasteiger partial charge < -0.3 is 10.6 Å². The fraction of sp³-hybridized carbons (Fsp3) is 0.304. The minimum Gasteiger partial charge on any atom is -0.360 e. The summed E-state index contributed by atoms with van der Waals surface area (Å²) in [5.74, 6) is -0.389. The van der Waals surface area contributed by atoms with Gasteiger partial charge in [-0.2, -0.15) is 5.26 Å². The molecule has 0 saturated heterocycles. The largest absolute Gasteiger partial charge is 0.360 e. The lowest BCUT2D eigenvalue weighted by molar-refractivity contribution is -0.117. The molecule has 2 rings (SSSR count). The van der Waals surface area contributed by atoms with Gasteiger partial charge in [0.25, 0.3) is 5.91 Å². The fourth-order valence-corrected chi connectivity index (χ4v) is 3.10. The average molecular weight is 361 g/mol. The van der Waals surface area contributed by atoms with E-state index in [9.17, 15) is 10.1 Å². The molecule has 0 bridgehead atoms. The highest BCUT2D eigenvalue weighted by molar-refractivity contribution is 5.97. The zero-order valence-electron chi connectivity index (χ0n) is 16.7. The lowest BCUT2D eigenvalue weighted by Crippen LogP contribution is -2.28. The van der Waals surface area contributed by atoms with Crippen LogP contribution in [0, 0.1) is 32.1 Å². The number of nitrogens with zero attached hydrogens (tertiary/aromatic N) is 1. The van der Waals surface area contributed by atoms with Gasteiger partial charge in [-0.3, -0.25) is 4.79 Å². The van der Waals surface area contributed by atoms with Gasteiger partial charge in [0.05, 0.1) is 6.04 Å². The van der Waals surface area contributed by atoms with Crippen LogP contribution in [0.15, 0.2) is 48.2 Å². The molecule has 2 N–H and O–H groups in total. The number of carbonyl (C=O) groups is 1. The second-order valence-corrected chi connectivity index (χ2v) is 6.88. The normalized spacial score (nSPS) is 12.2. The van der Waals surface area contributed by atoms with Crippen molar-refractivity contribution in [3.05, 3.63) is 76.0 Å². The number of nitrogens with one attached hydrogen (secondary N) is 2. The van der Waals surface area contributed by atoms with E-state index in [2.05, 4.69) is 41.8 Å². The summed E-state index contributed by atoms with van der Waals surface area (Å²) in [6.45, 7) is 10.1. The molecule has 2 aromatic carbocycles. The molecule has 0 aliphatic rings. The van der Waals surface area contributed by atoms with Gasteiger partial charge in [-0.1, -0.05) is 48.9 Å². The minimum atomic E-state index is -0.389. The minimum absolute atomic E-state index is 0.0476. The van der Waals surface area contributed by atoms with Crippen molar-refractivity contribution >= 4 is 11.6 Å². The van der Waals surface area contributed by atoms with Crippen molar-refractivity contribution in [1.29, 1.82) is 5.26 Å². The van der Waals surface area contributed by atoms with Crippen LogP contribution in [0.5, 0.6) is 0 Å². The van der Waals surface area contributed by atoms with E-state index in [0.717, 1.165) is 28.8 Å². The van der Waals surface area contributed by atoms with E-state index >= 15 is 0 Å². The Balaban J connectivity index is 2.11. The Bertz CT molecular complexity index is 866. The quantitative estimate of drug-likeness (QED) is 0.570. The van der Waals surface area contributed by atoms with Crippen LogP contribution in [-0.4, -0.2) is 5.91 Å². The van der Waals surface area contributed by atoms with Crippen LogP contribution in [0.1, 0.15) is 47.7 Å². The molecule has 0 saturated carbocycles. The Morgan fingerprint density at radius 2 is 1.74 bits per heavy atom. The molecule has 0 aromatic heterocycles. The Hall–Kier alpha value is -3.06.